The summed E-state index contributed by atoms with van der Waals surface area (Å²) in [6, 6.07) is 12.7. The van der Waals surface area contributed by atoms with E-state index in [-0.39, 0.29) is 12.1 Å². The second-order valence-corrected chi connectivity index (χ2v) is 5.41. The lowest BCUT2D eigenvalue weighted by molar-refractivity contribution is 0.468. The van der Waals surface area contributed by atoms with Gasteiger partial charge in [0.05, 0.1) is 17.1 Å². The van der Waals surface area contributed by atoms with Gasteiger partial charge < -0.3 is 9.88 Å². The Kier molecular flexibility index (Phi) is 3.71. The van der Waals surface area contributed by atoms with Gasteiger partial charge in [0.15, 0.2) is 0 Å². The van der Waals surface area contributed by atoms with E-state index in [4.69, 9.17) is 4.98 Å². The van der Waals surface area contributed by atoms with Crippen molar-refractivity contribution in [2.75, 3.05) is 0 Å². The van der Waals surface area contributed by atoms with Crippen molar-refractivity contribution in [2.45, 2.75) is 25.9 Å². The van der Waals surface area contributed by atoms with Gasteiger partial charge in [-0.15, -0.1) is 0 Å². The Morgan fingerprint density at radius 1 is 1.05 bits per heavy atom. The molecule has 108 valence electrons. The zero-order chi connectivity index (χ0) is 14.8. The number of nitrogens with one attached hydrogen (secondary N) is 1. The second-order valence-electron chi connectivity index (χ2n) is 5.41. The largest absolute Gasteiger partial charge is 0.330 e. The molecule has 2 unspecified atom stereocenters. The molecule has 2 aromatic heterocycles. The molecule has 0 bridgehead atoms. The molecule has 4 heteroatoms. The third kappa shape index (κ3) is 2.67. The Bertz CT molecular complexity index is 733. The molecule has 0 aliphatic carbocycles. The molecular weight excluding hydrogens is 260 g/mol. The van der Waals surface area contributed by atoms with E-state index in [9.17, 15) is 0 Å². The number of imidazole rings is 1. The Morgan fingerprint density at radius 2 is 1.86 bits per heavy atom. The van der Waals surface area contributed by atoms with Gasteiger partial charge in [-0.1, -0.05) is 18.2 Å². The van der Waals surface area contributed by atoms with E-state index in [0.29, 0.717) is 0 Å². The van der Waals surface area contributed by atoms with Crippen molar-refractivity contribution >= 4 is 11.0 Å². The number of hydrogen-bond donors (Lipinski definition) is 1. The minimum atomic E-state index is 0.164. The van der Waals surface area contributed by atoms with Crippen LogP contribution in [-0.2, 0) is 7.05 Å². The van der Waals surface area contributed by atoms with Crippen LogP contribution >= 0.6 is 0 Å². The van der Waals surface area contributed by atoms with Gasteiger partial charge in [0.1, 0.15) is 5.82 Å². The van der Waals surface area contributed by atoms with E-state index in [1.165, 1.54) is 5.56 Å². The van der Waals surface area contributed by atoms with Crippen molar-refractivity contribution in [1.29, 1.82) is 0 Å². The molecule has 21 heavy (non-hydrogen) atoms. The molecule has 0 saturated heterocycles. The van der Waals surface area contributed by atoms with Crippen LogP contribution in [0.5, 0.6) is 0 Å². The summed E-state index contributed by atoms with van der Waals surface area (Å²) in [7, 11) is 2.07. The molecule has 0 amide bonds. The van der Waals surface area contributed by atoms with Crippen molar-refractivity contribution in [3.8, 4) is 0 Å². The Balaban J connectivity index is 1.84. The standard InChI is InChI=1S/C17H20N4/c1-12(14-7-6-10-18-11-14)19-13(2)17-20-15-8-4-5-9-16(15)21(17)3/h4-13,19H,1-3H3. The molecule has 2 atom stereocenters. The summed E-state index contributed by atoms with van der Waals surface area (Å²) in [5, 5.41) is 3.59. The summed E-state index contributed by atoms with van der Waals surface area (Å²) in [6.45, 7) is 4.30. The second kappa shape index (κ2) is 5.66. The monoisotopic (exact) mass is 280 g/mol. The lowest BCUT2D eigenvalue weighted by Gasteiger charge is -2.20. The molecular formula is C17H20N4. The quantitative estimate of drug-likeness (QED) is 0.796. The van der Waals surface area contributed by atoms with Crippen molar-refractivity contribution in [2.24, 2.45) is 7.05 Å². The summed E-state index contributed by atoms with van der Waals surface area (Å²) >= 11 is 0. The van der Waals surface area contributed by atoms with Crippen LogP contribution in [-0.4, -0.2) is 14.5 Å². The highest BCUT2D eigenvalue weighted by Gasteiger charge is 2.16. The van der Waals surface area contributed by atoms with Gasteiger partial charge in [0, 0.05) is 25.5 Å². The van der Waals surface area contributed by atoms with Crippen LogP contribution < -0.4 is 5.32 Å². The molecule has 0 saturated carbocycles. The molecule has 1 aromatic carbocycles. The summed E-state index contributed by atoms with van der Waals surface area (Å²) in [6.07, 6.45) is 3.70. The lowest BCUT2D eigenvalue weighted by atomic mass is 10.1. The minimum absolute atomic E-state index is 0.164. The first-order valence-electron chi connectivity index (χ1n) is 7.24. The first-order chi connectivity index (χ1) is 10.2. The number of fused-ring (bicyclic) bond motifs is 1. The van der Waals surface area contributed by atoms with Crippen LogP contribution in [0.2, 0.25) is 0 Å². The fraction of sp³-hybridized carbons (Fsp3) is 0.294. The molecule has 1 N–H and O–H groups in total. The third-order valence-electron chi connectivity index (χ3n) is 3.89. The molecule has 2 heterocycles. The Labute approximate surface area is 124 Å². The van der Waals surface area contributed by atoms with Crippen molar-refractivity contribution in [3.05, 3.63) is 60.2 Å². The average molecular weight is 280 g/mol. The Hall–Kier alpha value is -2.20. The molecule has 3 rings (SSSR count). The van der Waals surface area contributed by atoms with Crippen molar-refractivity contribution in [1.82, 2.24) is 19.9 Å². The van der Waals surface area contributed by atoms with Crippen LogP contribution in [0.25, 0.3) is 11.0 Å². The normalized spacial score (nSPS) is 14.2. The highest BCUT2D eigenvalue weighted by Crippen LogP contribution is 2.22. The van der Waals surface area contributed by atoms with E-state index in [1.807, 2.05) is 24.4 Å². The number of rotatable bonds is 4. The summed E-state index contributed by atoms with van der Waals surface area (Å²) in [4.78, 5) is 8.92. The molecule has 0 aliphatic heterocycles. The molecule has 3 aromatic rings. The number of aromatic nitrogens is 3. The van der Waals surface area contributed by atoms with Gasteiger partial charge in [-0.25, -0.2) is 4.98 Å². The first kappa shape index (κ1) is 13.8. The van der Waals surface area contributed by atoms with Crippen LogP contribution in [0.3, 0.4) is 0 Å². The maximum Gasteiger partial charge on any atom is 0.126 e. The van der Waals surface area contributed by atoms with Crippen LogP contribution in [0.4, 0.5) is 0 Å². The molecule has 0 spiro atoms. The highest BCUT2D eigenvalue weighted by molar-refractivity contribution is 5.75. The molecule has 0 fully saturated rings. The third-order valence-corrected chi connectivity index (χ3v) is 3.89. The van der Waals surface area contributed by atoms with Gasteiger partial charge in [0.2, 0.25) is 0 Å². The highest BCUT2D eigenvalue weighted by atomic mass is 15.1. The first-order valence-corrected chi connectivity index (χ1v) is 7.24. The summed E-state index contributed by atoms with van der Waals surface area (Å²) < 4.78 is 2.16. The van der Waals surface area contributed by atoms with Gasteiger partial charge in [-0.05, 0) is 37.6 Å². The number of para-hydroxylation sites is 2. The summed E-state index contributed by atoms with van der Waals surface area (Å²) in [5.74, 6) is 1.05. The fourth-order valence-electron chi connectivity index (χ4n) is 2.73. The van der Waals surface area contributed by atoms with Crippen LogP contribution in [0.15, 0.2) is 48.8 Å². The Morgan fingerprint density at radius 3 is 2.57 bits per heavy atom. The maximum atomic E-state index is 4.74. The van der Waals surface area contributed by atoms with E-state index in [1.54, 1.807) is 6.20 Å². The zero-order valence-corrected chi connectivity index (χ0v) is 12.6. The average Bonchev–Trinajstić information content (AvgIpc) is 2.86. The predicted molar refractivity (Wildman–Crippen MR) is 84.9 cm³/mol. The zero-order valence-electron chi connectivity index (χ0n) is 12.6. The summed E-state index contributed by atoms with van der Waals surface area (Å²) in [5.41, 5.74) is 3.39. The van der Waals surface area contributed by atoms with E-state index < -0.39 is 0 Å². The molecule has 0 aliphatic rings. The van der Waals surface area contributed by atoms with Gasteiger partial charge in [0.25, 0.3) is 0 Å². The van der Waals surface area contributed by atoms with Gasteiger partial charge in [-0.2, -0.15) is 0 Å². The minimum Gasteiger partial charge on any atom is -0.330 e. The van der Waals surface area contributed by atoms with Crippen LogP contribution in [0, 0.1) is 0 Å². The van der Waals surface area contributed by atoms with Gasteiger partial charge >= 0.3 is 0 Å². The number of benzene rings is 1. The topological polar surface area (TPSA) is 42.7 Å². The van der Waals surface area contributed by atoms with Crippen molar-refractivity contribution < 1.29 is 0 Å². The fourth-order valence-corrected chi connectivity index (χ4v) is 2.73. The number of nitrogens with zero attached hydrogens (tertiary/aromatic N) is 3. The van der Waals surface area contributed by atoms with Crippen LogP contribution in [0.1, 0.15) is 37.3 Å². The smallest absolute Gasteiger partial charge is 0.126 e. The van der Waals surface area contributed by atoms with Crippen molar-refractivity contribution in [3.63, 3.8) is 0 Å². The number of hydrogen-bond acceptors (Lipinski definition) is 3. The molecule has 4 nitrogen and oxygen atoms in total. The van der Waals surface area contributed by atoms with E-state index >= 15 is 0 Å². The maximum absolute atomic E-state index is 4.74. The van der Waals surface area contributed by atoms with E-state index in [0.717, 1.165) is 16.9 Å². The SMILES string of the molecule is CC(NC(C)c1nc2ccccc2n1C)c1cccnc1. The number of aryl methyl sites for hydroxylation is 1. The lowest BCUT2D eigenvalue weighted by Crippen LogP contribution is -2.24. The predicted octanol–water partition coefficient (Wildman–Crippen LogP) is 3.38. The van der Waals surface area contributed by atoms with E-state index in [2.05, 4.69) is 54.0 Å². The molecule has 0 radical (unpaired) electrons. The number of pyridine rings is 1. The van der Waals surface area contributed by atoms with Gasteiger partial charge in [-0.3, -0.25) is 4.98 Å².